The third-order valence-corrected chi connectivity index (χ3v) is 9.64. The molecule has 0 heterocycles. The number of ether oxygens (including phenoxy) is 1. The van der Waals surface area contributed by atoms with Crippen LogP contribution in [0.25, 0.3) is 0 Å². The van der Waals surface area contributed by atoms with Crippen molar-refractivity contribution in [3.8, 4) is 5.75 Å². The lowest BCUT2D eigenvalue weighted by Crippen LogP contribution is -2.52. The number of halogens is 1. The topological polar surface area (TPSA) is 96.0 Å². The molecule has 1 unspecified atom stereocenters. The van der Waals surface area contributed by atoms with Crippen molar-refractivity contribution >= 4 is 39.1 Å². The summed E-state index contributed by atoms with van der Waals surface area (Å²) in [6.07, 6.45) is 5.84. The fourth-order valence-electron chi connectivity index (χ4n) is 5.71. The van der Waals surface area contributed by atoms with Crippen LogP contribution >= 0.6 is 11.6 Å². The van der Waals surface area contributed by atoms with Gasteiger partial charge in [0.05, 0.1) is 24.1 Å². The molecule has 10 heteroatoms. The third kappa shape index (κ3) is 8.99. The Hall–Kier alpha value is -3.56. The molecule has 4 rings (SSSR count). The van der Waals surface area contributed by atoms with E-state index in [2.05, 4.69) is 5.32 Å². The number of rotatable bonds is 14. The van der Waals surface area contributed by atoms with Crippen molar-refractivity contribution in [3.63, 3.8) is 0 Å². The van der Waals surface area contributed by atoms with Crippen molar-refractivity contribution in [2.45, 2.75) is 70.5 Å². The Balaban J connectivity index is 1.59. The van der Waals surface area contributed by atoms with Crippen molar-refractivity contribution in [2.24, 2.45) is 0 Å². The van der Waals surface area contributed by atoms with E-state index in [-0.39, 0.29) is 48.8 Å². The van der Waals surface area contributed by atoms with Gasteiger partial charge in [0.2, 0.25) is 21.8 Å². The summed E-state index contributed by atoms with van der Waals surface area (Å²) in [5, 5.41) is 3.51. The number of hydrogen-bond acceptors (Lipinski definition) is 5. The summed E-state index contributed by atoms with van der Waals surface area (Å²) in [4.78, 5) is 29.6. The van der Waals surface area contributed by atoms with E-state index in [0.29, 0.717) is 17.9 Å². The van der Waals surface area contributed by atoms with Crippen LogP contribution in [0.2, 0.25) is 5.02 Å². The van der Waals surface area contributed by atoms with Crippen LogP contribution in [0.3, 0.4) is 0 Å². The Kier molecular flexibility index (Phi) is 11.7. The van der Waals surface area contributed by atoms with E-state index in [9.17, 15) is 18.0 Å². The Morgan fingerprint density at radius 3 is 2.34 bits per heavy atom. The van der Waals surface area contributed by atoms with Gasteiger partial charge in [-0.05, 0) is 61.1 Å². The van der Waals surface area contributed by atoms with Gasteiger partial charge in [0.25, 0.3) is 0 Å². The first kappa shape index (κ1) is 33.3. The average Bonchev–Trinajstić information content (AvgIpc) is 3.50. The number of sulfonamides is 1. The smallest absolute Gasteiger partial charge is 0.243 e. The van der Waals surface area contributed by atoms with Gasteiger partial charge in [0.1, 0.15) is 11.8 Å². The van der Waals surface area contributed by atoms with Crippen LogP contribution in [0.5, 0.6) is 5.75 Å². The fourth-order valence-corrected chi connectivity index (χ4v) is 6.92. The van der Waals surface area contributed by atoms with E-state index in [1.54, 1.807) is 17.0 Å². The summed E-state index contributed by atoms with van der Waals surface area (Å²) < 4.78 is 32.0. The van der Waals surface area contributed by atoms with Gasteiger partial charge in [-0.2, -0.15) is 0 Å². The van der Waals surface area contributed by atoms with E-state index >= 15 is 0 Å². The zero-order valence-corrected chi connectivity index (χ0v) is 27.2. The molecule has 2 amide bonds. The second-order valence-electron chi connectivity index (χ2n) is 11.4. The van der Waals surface area contributed by atoms with Gasteiger partial charge in [-0.1, -0.05) is 79.0 Å². The molecule has 0 bridgehead atoms. The van der Waals surface area contributed by atoms with E-state index in [4.69, 9.17) is 16.3 Å². The molecule has 8 nitrogen and oxygen atoms in total. The first-order valence-corrected chi connectivity index (χ1v) is 17.3. The molecule has 44 heavy (non-hydrogen) atoms. The van der Waals surface area contributed by atoms with Crippen molar-refractivity contribution in [1.82, 2.24) is 10.2 Å². The van der Waals surface area contributed by atoms with Crippen LogP contribution in [-0.2, 0) is 32.6 Å². The number of nitrogens with zero attached hydrogens (tertiary/aromatic N) is 2. The van der Waals surface area contributed by atoms with Crippen molar-refractivity contribution in [2.75, 3.05) is 24.2 Å². The van der Waals surface area contributed by atoms with Gasteiger partial charge in [0, 0.05) is 32.0 Å². The predicted molar refractivity (Wildman–Crippen MR) is 175 cm³/mol. The minimum atomic E-state index is -3.67. The summed E-state index contributed by atoms with van der Waals surface area (Å²) in [6.45, 7) is 2.33. The van der Waals surface area contributed by atoms with Gasteiger partial charge < -0.3 is 15.0 Å². The molecule has 3 aromatic rings. The number of amides is 2. The van der Waals surface area contributed by atoms with Crippen LogP contribution in [0.15, 0.2) is 72.8 Å². The Morgan fingerprint density at radius 1 is 1.02 bits per heavy atom. The normalized spacial score (nSPS) is 14.2. The predicted octanol–water partition coefficient (Wildman–Crippen LogP) is 5.90. The summed E-state index contributed by atoms with van der Waals surface area (Å²) in [7, 11) is -2.18. The van der Waals surface area contributed by atoms with Gasteiger partial charge >= 0.3 is 0 Å². The quantitative estimate of drug-likeness (QED) is 0.237. The largest absolute Gasteiger partial charge is 0.495 e. The Morgan fingerprint density at radius 2 is 1.70 bits per heavy atom. The van der Waals surface area contributed by atoms with Crippen LogP contribution < -0.4 is 14.4 Å². The average molecular weight is 640 g/mol. The molecule has 1 N–H and O–H groups in total. The number of anilines is 1. The summed E-state index contributed by atoms with van der Waals surface area (Å²) >= 11 is 6.29. The molecule has 1 saturated carbocycles. The molecule has 1 aliphatic rings. The highest BCUT2D eigenvalue weighted by molar-refractivity contribution is 7.92. The van der Waals surface area contributed by atoms with Crippen molar-refractivity contribution in [3.05, 3.63) is 94.5 Å². The SMILES string of the molecule is COc1ccc(N(CCCC(=O)N(Cc2ccccc2C)C(Cc2ccccc2)C(=O)NC2CCCC2)S(C)(=O)=O)cc1Cl. The second kappa shape index (κ2) is 15.4. The standard InChI is InChI=1S/C34H42ClN3O5S/c1-25-12-7-8-15-27(25)24-37(31(22-26-13-5-4-6-14-26)34(40)36-28-16-9-10-17-28)33(39)18-11-21-38(44(3,41)42)29-19-20-32(43-2)30(35)23-29/h4-8,12-15,19-20,23,28,31H,9-11,16-18,21-22,24H2,1-3H3,(H,36,40). The van der Waals surface area contributed by atoms with Gasteiger partial charge in [0.15, 0.2) is 0 Å². The summed E-state index contributed by atoms with van der Waals surface area (Å²) in [5.74, 6) is 0.0662. The summed E-state index contributed by atoms with van der Waals surface area (Å²) in [6, 6.07) is 21.7. The molecule has 0 radical (unpaired) electrons. The molecule has 0 saturated heterocycles. The number of methoxy groups -OCH3 is 1. The lowest BCUT2D eigenvalue weighted by Gasteiger charge is -2.33. The van der Waals surface area contributed by atoms with Gasteiger partial charge in [-0.3, -0.25) is 13.9 Å². The molecular weight excluding hydrogens is 598 g/mol. The minimum Gasteiger partial charge on any atom is -0.495 e. The maximum absolute atomic E-state index is 14.1. The molecule has 3 aromatic carbocycles. The van der Waals surface area contributed by atoms with E-state index in [0.717, 1.165) is 48.6 Å². The first-order chi connectivity index (χ1) is 21.1. The molecule has 1 atom stereocenters. The van der Waals surface area contributed by atoms with E-state index < -0.39 is 16.1 Å². The molecule has 1 aliphatic carbocycles. The highest BCUT2D eigenvalue weighted by Crippen LogP contribution is 2.30. The third-order valence-electron chi connectivity index (χ3n) is 8.15. The monoisotopic (exact) mass is 639 g/mol. The number of carbonyl (C=O) groups is 2. The maximum atomic E-state index is 14.1. The molecule has 0 aliphatic heterocycles. The van der Waals surface area contributed by atoms with Crippen molar-refractivity contribution in [1.29, 1.82) is 0 Å². The zero-order chi connectivity index (χ0) is 31.7. The van der Waals surface area contributed by atoms with Gasteiger partial charge in [-0.25, -0.2) is 8.42 Å². The number of hydrogen-bond donors (Lipinski definition) is 1. The van der Waals surface area contributed by atoms with Crippen LogP contribution in [0, 0.1) is 6.92 Å². The second-order valence-corrected chi connectivity index (χ2v) is 13.7. The van der Waals surface area contributed by atoms with Crippen LogP contribution in [0.4, 0.5) is 5.69 Å². The molecular formula is C34H42ClN3O5S. The van der Waals surface area contributed by atoms with Gasteiger partial charge in [-0.15, -0.1) is 0 Å². The zero-order valence-electron chi connectivity index (χ0n) is 25.7. The fraction of sp³-hybridized carbons (Fsp3) is 0.412. The Labute approximate surface area is 266 Å². The van der Waals surface area contributed by atoms with Crippen LogP contribution in [0.1, 0.15) is 55.2 Å². The first-order valence-electron chi connectivity index (χ1n) is 15.1. The Bertz CT molecular complexity index is 1530. The van der Waals surface area contributed by atoms with Crippen LogP contribution in [-0.4, -0.2) is 57.1 Å². The lowest BCUT2D eigenvalue weighted by atomic mass is 10.0. The molecule has 0 spiro atoms. The molecule has 1 fully saturated rings. The minimum absolute atomic E-state index is 0.0593. The van der Waals surface area contributed by atoms with E-state index in [1.807, 2.05) is 61.5 Å². The molecule has 0 aromatic heterocycles. The maximum Gasteiger partial charge on any atom is 0.243 e. The molecule has 236 valence electrons. The highest BCUT2D eigenvalue weighted by Gasteiger charge is 2.32. The number of benzene rings is 3. The van der Waals surface area contributed by atoms with Crippen molar-refractivity contribution < 1.29 is 22.7 Å². The highest BCUT2D eigenvalue weighted by atomic mass is 35.5. The lowest BCUT2D eigenvalue weighted by molar-refractivity contribution is -0.141. The van der Waals surface area contributed by atoms with E-state index in [1.165, 1.54) is 17.5 Å². The number of carbonyl (C=O) groups excluding carboxylic acids is 2. The summed E-state index contributed by atoms with van der Waals surface area (Å²) in [5.41, 5.74) is 3.33. The number of nitrogens with one attached hydrogen (secondary N) is 1. The number of aryl methyl sites for hydroxylation is 1.